The molecule has 0 saturated heterocycles. The van der Waals surface area contributed by atoms with Crippen LogP contribution in [0, 0.1) is 5.92 Å². The Bertz CT molecular complexity index is 118. The minimum Gasteiger partial charge on any atom is -0.390 e. The summed E-state index contributed by atoms with van der Waals surface area (Å²) in [5, 5.41) is 10.0. The summed E-state index contributed by atoms with van der Waals surface area (Å²) in [6.45, 7) is 4.19. The van der Waals surface area contributed by atoms with Crippen LogP contribution in [0.5, 0.6) is 0 Å². The minimum absolute atomic E-state index is 0.370. The van der Waals surface area contributed by atoms with Crippen molar-refractivity contribution in [3.63, 3.8) is 0 Å². The largest absolute Gasteiger partial charge is 0.390 e. The molecule has 0 radical (unpaired) electrons. The van der Waals surface area contributed by atoms with Crippen molar-refractivity contribution in [3.8, 4) is 0 Å². The first-order valence-electron chi connectivity index (χ1n) is 4.89. The third kappa shape index (κ3) is 2.19. The highest BCUT2D eigenvalue weighted by atomic mass is 16.3. The zero-order valence-corrected chi connectivity index (χ0v) is 7.77. The van der Waals surface area contributed by atoms with Gasteiger partial charge in [-0.1, -0.05) is 32.6 Å². The first-order valence-corrected chi connectivity index (χ1v) is 4.89. The Morgan fingerprint density at radius 3 is 2.73 bits per heavy atom. The summed E-state index contributed by atoms with van der Waals surface area (Å²) >= 11 is 0. The van der Waals surface area contributed by atoms with Crippen LogP contribution in [0.1, 0.15) is 52.4 Å². The highest BCUT2D eigenvalue weighted by Gasteiger charge is 2.31. The third-order valence-corrected chi connectivity index (χ3v) is 3.11. The van der Waals surface area contributed by atoms with Crippen molar-refractivity contribution in [3.05, 3.63) is 0 Å². The van der Waals surface area contributed by atoms with Gasteiger partial charge >= 0.3 is 0 Å². The SMILES string of the molecule is CCC1CCCCCC1(C)O. The van der Waals surface area contributed by atoms with Gasteiger partial charge in [-0.05, 0) is 25.7 Å². The fourth-order valence-electron chi connectivity index (χ4n) is 2.21. The highest BCUT2D eigenvalue weighted by Crippen LogP contribution is 2.33. The number of hydrogen-bond donors (Lipinski definition) is 1. The fourth-order valence-corrected chi connectivity index (χ4v) is 2.21. The van der Waals surface area contributed by atoms with Crippen molar-refractivity contribution in [1.82, 2.24) is 0 Å². The lowest BCUT2D eigenvalue weighted by atomic mass is 9.83. The van der Waals surface area contributed by atoms with Gasteiger partial charge in [-0.2, -0.15) is 0 Å². The maximum Gasteiger partial charge on any atom is 0.0647 e. The predicted molar refractivity (Wildman–Crippen MR) is 47.5 cm³/mol. The molecular weight excluding hydrogens is 136 g/mol. The van der Waals surface area contributed by atoms with Crippen LogP contribution in [0.2, 0.25) is 0 Å². The van der Waals surface area contributed by atoms with Gasteiger partial charge in [-0.15, -0.1) is 0 Å². The number of aliphatic hydroxyl groups is 1. The van der Waals surface area contributed by atoms with Crippen molar-refractivity contribution in [2.45, 2.75) is 58.0 Å². The van der Waals surface area contributed by atoms with Gasteiger partial charge in [0.2, 0.25) is 0 Å². The van der Waals surface area contributed by atoms with Crippen molar-refractivity contribution in [2.24, 2.45) is 5.92 Å². The molecule has 2 atom stereocenters. The molecule has 0 amide bonds. The Balaban J connectivity index is 2.56. The molecule has 1 N–H and O–H groups in total. The maximum atomic E-state index is 10.0. The molecular formula is C10H20O. The molecule has 1 aliphatic carbocycles. The van der Waals surface area contributed by atoms with E-state index in [0.717, 1.165) is 12.8 Å². The minimum atomic E-state index is -0.370. The average Bonchev–Trinajstić information content (AvgIpc) is 2.10. The van der Waals surface area contributed by atoms with E-state index in [1.165, 1.54) is 25.7 Å². The Kier molecular flexibility index (Phi) is 2.94. The fraction of sp³-hybridized carbons (Fsp3) is 1.00. The van der Waals surface area contributed by atoms with Crippen LogP contribution in [-0.4, -0.2) is 10.7 Å². The van der Waals surface area contributed by atoms with Gasteiger partial charge in [0, 0.05) is 0 Å². The second-order valence-electron chi connectivity index (χ2n) is 4.06. The second-order valence-corrected chi connectivity index (χ2v) is 4.06. The number of hydrogen-bond acceptors (Lipinski definition) is 1. The monoisotopic (exact) mass is 156 g/mol. The quantitative estimate of drug-likeness (QED) is 0.579. The van der Waals surface area contributed by atoms with E-state index in [4.69, 9.17) is 0 Å². The maximum absolute atomic E-state index is 10.0. The second kappa shape index (κ2) is 3.57. The van der Waals surface area contributed by atoms with Crippen molar-refractivity contribution in [2.75, 3.05) is 0 Å². The summed E-state index contributed by atoms with van der Waals surface area (Å²) in [4.78, 5) is 0. The van der Waals surface area contributed by atoms with E-state index in [1.807, 2.05) is 6.92 Å². The zero-order valence-electron chi connectivity index (χ0n) is 7.77. The van der Waals surface area contributed by atoms with Crippen LogP contribution < -0.4 is 0 Å². The molecule has 0 bridgehead atoms. The van der Waals surface area contributed by atoms with Gasteiger partial charge in [-0.25, -0.2) is 0 Å². The highest BCUT2D eigenvalue weighted by molar-refractivity contribution is 4.83. The normalized spacial score (nSPS) is 40.1. The Labute approximate surface area is 69.8 Å². The molecule has 1 rings (SSSR count). The van der Waals surface area contributed by atoms with E-state index < -0.39 is 0 Å². The van der Waals surface area contributed by atoms with Gasteiger partial charge in [0.05, 0.1) is 5.60 Å². The topological polar surface area (TPSA) is 20.2 Å². The summed E-state index contributed by atoms with van der Waals surface area (Å²) in [6.07, 6.45) is 7.20. The molecule has 1 nitrogen and oxygen atoms in total. The lowest BCUT2D eigenvalue weighted by molar-refractivity contribution is -0.00855. The molecule has 0 heterocycles. The van der Waals surface area contributed by atoms with E-state index >= 15 is 0 Å². The first kappa shape index (κ1) is 9.05. The lowest BCUT2D eigenvalue weighted by Gasteiger charge is -2.30. The van der Waals surface area contributed by atoms with Crippen LogP contribution in [-0.2, 0) is 0 Å². The molecule has 66 valence electrons. The van der Waals surface area contributed by atoms with Gasteiger partial charge in [0.25, 0.3) is 0 Å². The van der Waals surface area contributed by atoms with Crippen molar-refractivity contribution >= 4 is 0 Å². The number of rotatable bonds is 1. The van der Waals surface area contributed by atoms with Crippen LogP contribution in [0.25, 0.3) is 0 Å². The molecule has 1 aliphatic rings. The summed E-state index contributed by atoms with van der Waals surface area (Å²) in [7, 11) is 0. The van der Waals surface area contributed by atoms with E-state index in [2.05, 4.69) is 6.92 Å². The molecule has 11 heavy (non-hydrogen) atoms. The molecule has 1 heteroatoms. The van der Waals surface area contributed by atoms with E-state index in [1.54, 1.807) is 0 Å². The summed E-state index contributed by atoms with van der Waals surface area (Å²) in [6, 6.07) is 0. The molecule has 0 aromatic heterocycles. The van der Waals surface area contributed by atoms with E-state index in [9.17, 15) is 5.11 Å². The lowest BCUT2D eigenvalue weighted by Crippen LogP contribution is -2.32. The molecule has 0 aromatic carbocycles. The van der Waals surface area contributed by atoms with E-state index in [-0.39, 0.29) is 5.60 Å². The smallest absolute Gasteiger partial charge is 0.0647 e. The average molecular weight is 156 g/mol. The zero-order chi connectivity index (χ0) is 8.32. The van der Waals surface area contributed by atoms with Crippen LogP contribution >= 0.6 is 0 Å². The van der Waals surface area contributed by atoms with Crippen molar-refractivity contribution < 1.29 is 5.11 Å². The first-order chi connectivity index (χ1) is 5.17. The molecule has 0 aromatic rings. The van der Waals surface area contributed by atoms with E-state index in [0.29, 0.717) is 5.92 Å². The summed E-state index contributed by atoms with van der Waals surface area (Å²) in [5.74, 6) is 0.546. The van der Waals surface area contributed by atoms with Crippen LogP contribution in [0.4, 0.5) is 0 Å². The molecule has 0 spiro atoms. The molecule has 0 aliphatic heterocycles. The van der Waals surface area contributed by atoms with Crippen LogP contribution in [0.15, 0.2) is 0 Å². The third-order valence-electron chi connectivity index (χ3n) is 3.11. The summed E-state index contributed by atoms with van der Waals surface area (Å²) in [5.41, 5.74) is -0.370. The van der Waals surface area contributed by atoms with Crippen molar-refractivity contribution in [1.29, 1.82) is 0 Å². The van der Waals surface area contributed by atoms with Gasteiger partial charge in [-0.3, -0.25) is 0 Å². The predicted octanol–water partition coefficient (Wildman–Crippen LogP) is 2.73. The van der Waals surface area contributed by atoms with Crippen LogP contribution in [0.3, 0.4) is 0 Å². The van der Waals surface area contributed by atoms with Gasteiger partial charge in [0.1, 0.15) is 0 Å². The Morgan fingerprint density at radius 1 is 1.36 bits per heavy atom. The Morgan fingerprint density at radius 2 is 2.09 bits per heavy atom. The molecule has 2 unspecified atom stereocenters. The Hall–Kier alpha value is -0.0400. The molecule has 1 fully saturated rings. The summed E-state index contributed by atoms with van der Waals surface area (Å²) < 4.78 is 0. The molecule has 1 saturated carbocycles. The van der Waals surface area contributed by atoms with Gasteiger partial charge in [0.15, 0.2) is 0 Å². The van der Waals surface area contributed by atoms with Gasteiger partial charge < -0.3 is 5.11 Å². The standard InChI is InChI=1S/C10H20O/c1-3-9-7-5-4-6-8-10(9,2)11/h9,11H,3-8H2,1-2H3.